The van der Waals surface area contributed by atoms with Crippen LogP contribution in [0, 0.1) is 13.8 Å². The van der Waals surface area contributed by atoms with Gasteiger partial charge in [-0.1, -0.05) is 42.5 Å². The van der Waals surface area contributed by atoms with Crippen molar-refractivity contribution in [3.63, 3.8) is 0 Å². The molecule has 1 saturated heterocycles. The summed E-state index contributed by atoms with van der Waals surface area (Å²) < 4.78 is 47.9. The summed E-state index contributed by atoms with van der Waals surface area (Å²) in [5, 5.41) is 11.4. The van der Waals surface area contributed by atoms with Crippen LogP contribution in [-0.4, -0.2) is 30.3 Å². The first-order valence-corrected chi connectivity index (χ1v) is 10.9. The van der Waals surface area contributed by atoms with E-state index in [-0.39, 0.29) is 16.8 Å². The van der Waals surface area contributed by atoms with Crippen molar-refractivity contribution in [2.75, 3.05) is 12.0 Å². The maximum Gasteiger partial charge on any atom is 0.573 e. The number of amides is 1. The van der Waals surface area contributed by atoms with Crippen molar-refractivity contribution in [1.82, 2.24) is 0 Å². The molecule has 186 valence electrons. The fraction of sp³-hybridized carbons (Fsp3) is 0.185. The number of aliphatic hydroxyl groups is 1. The average molecular weight is 497 g/mol. The van der Waals surface area contributed by atoms with Gasteiger partial charge in [0.1, 0.15) is 17.3 Å². The van der Waals surface area contributed by atoms with Crippen LogP contribution in [0.25, 0.3) is 5.76 Å². The van der Waals surface area contributed by atoms with Crippen LogP contribution in [0.3, 0.4) is 0 Å². The Morgan fingerprint density at radius 3 is 2.31 bits per heavy atom. The molecule has 0 bridgehead atoms. The first-order valence-electron chi connectivity index (χ1n) is 10.9. The zero-order valence-corrected chi connectivity index (χ0v) is 19.6. The van der Waals surface area contributed by atoms with E-state index in [1.807, 2.05) is 13.0 Å². The van der Waals surface area contributed by atoms with Gasteiger partial charge in [-0.05, 0) is 48.7 Å². The number of aryl methyl sites for hydroxylation is 2. The second-order valence-electron chi connectivity index (χ2n) is 8.29. The summed E-state index contributed by atoms with van der Waals surface area (Å²) in [7, 11) is 1.42. The molecule has 3 aromatic rings. The molecule has 1 N–H and O–H groups in total. The molecule has 1 aliphatic rings. The lowest BCUT2D eigenvalue weighted by Crippen LogP contribution is -2.29. The highest BCUT2D eigenvalue weighted by Crippen LogP contribution is 2.44. The molecule has 0 aliphatic carbocycles. The SMILES string of the molecule is COc1c(C)cc(C)cc1/C(O)=C1\C(=O)C(=O)N(c2cccc(OC(F)(F)F)c2)C1c1ccccc1. The largest absolute Gasteiger partial charge is 0.573 e. The van der Waals surface area contributed by atoms with E-state index in [2.05, 4.69) is 4.74 Å². The Kier molecular flexibility index (Phi) is 6.49. The molecule has 1 fully saturated rings. The Morgan fingerprint density at radius 1 is 0.972 bits per heavy atom. The van der Waals surface area contributed by atoms with E-state index in [1.165, 1.54) is 19.2 Å². The van der Waals surface area contributed by atoms with Crippen LogP contribution in [0.1, 0.15) is 28.3 Å². The van der Waals surface area contributed by atoms with Crippen LogP contribution in [0.2, 0.25) is 0 Å². The number of carbonyl (C=O) groups is 2. The molecule has 0 saturated carbocycles. The summed E-state index contributed by atoms with van der Waals surface area (Å²) in [4.78, 5) is 27.6. The molecular formula is C27H22F3NO5. The van der Waals surface area contributed by atoms with Gasteiger partial charge in [0.2, 0.25) is 0 Å². The summed E-state index contributed by atoms with van der Waals surface area (Å²) in [5.74, 6) is -2.65. The van der Waals surface area contributed by atoms with Crippen molar-refractivity contribution in [3.05, 3.63) is 94.6 Å². The highest BCUT2D eigenvalue weighted by atomic mass is 19.4. The highest BCUT2D eigenvalue weighted by molar-refractivity contribution is 6.51. The molecule has 1 atom stereocenters. The Balaban J connectivity index is 1.95. The number of carbonyl (C=O) groups excluding carboxylic acids is 2. The van der Waals surface area contributed by atoms with Crippen LogP contribution >= 0.6 is 0 Å². The Hall–Kier alpha value is -4.27. The van der Waals surface area contributed by atoms with E-state index < -0.39 is 35.6 Å². The van der Waals surface area contributed by atoms with Gasteiger partial charge in [0.25, 0.3) is 11.7 Å². The third-order valence-corrected chi connectivity index (χ3v) is 5.77. The third kappa shape index (κ3) is 4.64. The number of Topliss-reactive ketones (excluding diaryl/α,β-unsaturated/α-hetero) is 1. The monoisotopic (exact) mass is 497 g/mol. The zero-order valence-electron chi connectivity index (χ0n) is 19.6. The number of hydrogen-bond donors (Lipinski definition) is 1. The lowest BCUT2D eigenvalue weighted by molar-refractivity contribution is -0.274. The van der Waals surface area contributed by atoms with Crippen LogP contribution in [0.15, 0.2) is 72.3 Å². The molecule has 1 aliphatic heterocycles. The van der Waals surface area contributed by atoms with Crippen LogP contribution in [0.4, 0.5) is 18.9 Å². The van der Waals surface area contributed by atoms with E-state index in [0.717, 1.165) is 22.6 Å². The van der Waals surface area contributed by atoms with Gasteiger partial charge in [0, 0.05) is 11.8 Å². The van der Waals surface area contributed by atoms with Crippen molar-refractivity contribution < 1.29 is 37.3 Å². The van der Waals surface area contributed by atoms with Crippen molar-refractivity contribution in [2.45, 2.75) is 26.3 Å². The van der Waals surface area contributed by atoms with Gasteiger partial charge in [-0.25, -0.2) is 0 Å². The fourth-order valence-electron chi connectivity index (χ4n) is 4.43. The Morgan fingerprint density at radius 2 is 1.67 bits per heavy atom. The smallest absolute Gasteiger partial charge is 0.507 e. The van der Waals surface area contributed by atoms with Crippen molar-refractivity contribution in [2.24, 2.45) is 0 Å². The van der Waals surface area contributed by atoms with Gasteiger partial charge in [-0.3, -0.25) is 14.5 Å². The van der Waals surface area contributed by atoms with Crippen molar-refractivity contribution >= 4 is 23.1 Å². The number of benzene rings is 3. The molecule has 4 rings (SSSR count). The van der Waals surface area contributed by atoms with Gasteiger partial charge < -0.3 is 14.6 Å². The summed E-state index contributed by atoms with van der Waals surface area (Å²) in [5.41, 5.74) is 1.99. The van der Waals surface area contributed by atoms with E-state index in [0.29, 0.717) is 16.9 Å². The summed E-state index contributed by atoms with van der Waals surface area (Å²) in [6.07, 6.45) is -4.94. The van der Waals surface area contributed by atoms with Crippen molar-refractivity contribution in [3.8, 4) is 11.5 Å². The predicted molar refractivity (Wildman–Crippen MR) is 127 cm³/mol. The Bertz CT molecular complexity index is 1370. The molecule has 36 heavy (non-hydrogen) atoms. The number of anilines is 1. The van der Waals surface area contributed by atoms with Crippen LogP contribution < -0.4 is 14.4 Å². The van der Waals surface area contributed by atoms with Gasteiger partial charge in [0.15, 0.2) is 0 Å². The first kappa shape index (κ1) is 24.8. The van der Waals surface area contributed by atoms with Crippen LogP contribution in [0.5, 0.6) is 11.5 Å². The van der Waals surface area contributed by atoms with E-state index in [4.69, 9.17) is 4.74 Å². The number of hydrogen-bond acceptors (Lipinski definition) is 5. The molecule has 0 aromatic heterocycles. The normalized spacial score (nSPS) is 17.4. The second-order valence-corrected chi connectivity index (χ2v) is 8.29. The van der Waals surface area contributed by atoms with Crippen LogP contribution in [-0.2, 0) is 9.59 Å². The third-order valence-electron chi connectivity index (χ3n) is 5.77. The first-order chi connectivity index (χ1) is 17.0. The molecule has 9 heteroatoms. The fourth-order valence-corrected chi connectivity index (χ4v) is 4.43. The molecule has 1 heterocycles. The topological polar surface area (TPSA) is 76.1 Å². The second kappa shape index (κ2) is 9.41. The molecule has 0 radical (unpaired) electrons. The van der Waals surface area contributed by atoms with E-state index in [9.17, 15) is 27.9 Å². The van der Waals surface area contributed by atoms with Gasteiger partial charge in [0.05, 0.1) is 24.3 Å². The maximum absolute atomic E-state index is 13.3. The average Bonchev–Trinajstić information content (AvgIpc) is 3.08. The summed E-state index contributed by atoms with van der Waals surface area (Å²) in [6.45, 7) is 3.59. The van der Waals surface area contributed by atoms with Gasteiger partial charge >= 0.3 is 6.36 Å². The number of ketones is 1. The standard InChI is InChI=1S/C27H22F3NO5/c1-15-12-16(2)25(35-3)20(13-15)23(32)21-22(17-8-5-4-6-9-17)31(26(34)24(21)33)18-10-7-11-19(14-18)36-27(28,29)30/h4-14,22,32H,1-3H3/b23-21+. The summed E-state index contributed by atoms with van der Waals surface area (Å²) in [6, 6.07) is 15.6. The van der Waals surface area contributed by atoms with E-state index >= 15 is 0 Å². The maximum atomic E-state index is 13.3. The lowest BCUT2D eigenvalue weighted by Gasteiger charge is -2.26. The number of nitrogens with zero attached hydrogens (tertiary/aromatic N) is 1. The predicted octanol–water partition coefficient (Wildman–Crippen LogP) is 5.84. The number of halogens is 3. The highest BCUT2D eigenvalue weighted by Gasteiger charge is 2.47. The number of methoxy groups -OCH3 is 1. The molecule has 1 unspecified atom stereocenters. The number of aliphatic hydroxyl groups excluding tert-OH is 1. The lowest BCUT2D eigenvalue weighted by atomic mass is 9.93. The quantitative estimate of drug-likeness (QED) is 0.272. The summed E-state index contributed by atoms with van der Waals surface area (Å²) >= 11 is 0. The van der Waals surface area contributed by atoms with Gasteiger partial charge in [-0.15, -0.1) is 13.2 Å². The number of alkyl halides is 3. The van der Waals surface area contributed by atoms with E-state index in [1.54, 1.807) is 43.3 Å². The number of ether oxygens (including phenoxy) is 2. The molecule has 0 spiro atoms. The molecule has 1 amide bonds. The minimum Gasteiger partial charge on any atom is -0.507 e. The molecule has 3 aromatic carbocycles. The van der Waals surface area contributed by atoms with Crippen molar-refractivity contribution in [1.29, 1.82) is 0 Å². The minimum absolute atomic E-state index is 0.000796. The molecular weight excluding hydrogens is 475 g/mol. The van der Waals surface area contributed by atoms with Gasteiger partial charge in [-0.2, -0.15) is 0 Å². The zero-order chi connectivity index (χ0) is 26.2. The number of rotatable bonds is 5. The molecule has 6 nitrogen and oxygen atoms in total. The Labute approximate surface area is 205 Å². The minimum atomic E-state index is -4.94.